The highest BCUT2D eigenvalue weighted by Crippen LogP contribution is 2.32. The molecule has 1 atom stereocenters. The third-order valence-corrected chi connectivity index (χ3v) is 6.39. The van der Waals surface area contributed by atoms with Crippen LogP contribution in [0.4, 0.5) is 5.69 Å². The van der Waals surface area contributed by atoms with Crippen LogP contribution >= 0.6 is 0 Å². The number of ether oxygens (including phenoxy) is 1. The average molecular weight is 468 g/mol. The van der Waals surface area contributed by atoms with E-state index in [0.29, 0.717) is 23.8 Å². The number of benzene rings is 2. The molecular weight excluding hydrogens is 438 g/mol. The Morgan fingerprint density at radius 3 is 2.66 bits per heavy atom. The quantitative estimate of drug-likeness (QED) is 0.359. The molecule has 2 aromatic carbocycles. The van der Waals surface area contributed by atoms with E-state index in [9.17, 15) is 4.79 Å². The molecule has 0 bridgehead atoms. The van der Waals surface area contributed by atoms with Gasteiger partial charge in [0.25, 0.3) is 0 Å². The summed E-state index contributed by atoms with van der Waals surface area (Å²) in [5, 5.41) is 3.14. The molecule has 2 aromatic heterocycles. The predicted molar refractivity (Wildman–Crippen MR) is 136 cm³/mol. The van der Waals surface area contributed by atoms with Crippen molar-refractivity contribution < 1.29 is 13.9 Å². The van der Waals surface area contributed by atoms with Crippen LogP contribution in [0.15, 0.2) is 77.7 Å². The largest absolute Gasteiger partial charge is 0.457 e. The molecule has 0 spiro atoms. The Hall–Kier alpha value is -3.93. The molecule has 1 N–H and O–H groups in total. The molecule has 0 aliphatic heterocycles. The van der Waals surface area contributed by atoms with Gasteiger partial charge in [-0.25, -0.2) is 4.98 Å². The van der Waals surface area contributed by atoms with E-state index in [4.69, 9.17) is 9.15 Å². The lowest BCUT2D eigenvalue weighted by Crippen LogP contribution is -2.28. The zero-order valence-corrected chi connectivity index (χ0v) is 20.2. The molecule has 178 valence electrons. The number of carbonyl (C=O) groups excluding carboxylic acids is 1. The first-order valence-electron chi connectivity index (χ1n) is 11.9. The van der Waals surface area contributed by atoms with Crippen molar-refractivity contribution in [3.63, 3.8) is 0 Å². The van der Waals surface area contributed by atoms with E-state index in [1.54, 1.807) is 24.5 Å². The van der Waals surface area contributed by atoms with E-state index in [-0.39, 0.29) is 17.2 Å². The maximum atomic E-state index is 13.1. The minimum atomic E-state index is -0.0754. The highest BCUT2D eigenvalue weighted by Gasteiger charge is 2.25. The summed E-state index contributed by atoms with van der Waals surface area (Å²) in [5.41, 5.74) is 5.12. The third-order valence-electron chi connectivity index (χ3n) is 6.39. The number of amides is 1. The van der Waals surface area contributed by atoms with Gasteiger partial charge in [0.05, 0.1) is 6.20 Å². The Labute approximate surface area is 205 Å². The number of aromatic nitrogens is 2. The molecule has 0 fully saturated rings. The number of fused-ring (bicyclic) bond motifs is 1. The molecular formula is C29H29N3O3. The second kappa shape index (κ2) is 9.37. The summed E-state index contributed by atoms with van der Waals surface area (Å²) in [7, 11) is 0. The molecule has 1 aliphatic rings. The maximum Gasteiger partial charge on any atom is 0.245 e. The van der Waals surface area contributed by atoms with Crippen molar-refractivity contribution >= 4 is 11.6 Å². The van der Waals surface area contributed by atoms with Crippen LogP contribution in [-0.2, 0) is 23.1 Å². The van der Waals surface area contributed by atoms with Crippen LogP contribution in [0.3, 0.4) is 0 Å². The molecule has 6 nitrogen and oxygen atoms in total. The molecule has 1 unspecified atom stereocenters. The SMILES string of the molecule is CC(C)(C)c1cccc(NC(=O)C2CCc3ccc(Oc4ccnc(-c5ncco5)c4)cc3C2)c1. The third kappa shape index (κ3) is 5.27. The van der Waals surface area contributed by atoms with Crippen molar-refractivity contribution in [2.75, 3.05) is 5.32 Å². The van der Waals surface area contributed by atoms with Crippen molar-refractivity contribution in [1.82, 2.24) is 9.97 Å². The number of anilines is 1. The minimum Gasteiger partial charge on any atom is -0.457 e. The normalized spacial score (nSPS) is 15.3. The Balaban J connectivity index is 1.28. The average Bonchev–Trinajstić information content (AvgIpc) is 3.39. The van der Waals surface area contributed by atoms with Crippen molar-refractivity contribution in [3.8, 4) is 23.1 Å². The van der Waals surface area contributed by atoms with E-state index in [0.717, 1.165) is 29.8 Å². The zero-order valence-electron chi connectivity index (χ0n) is 20.2. The lowest BCUT2D eigenvalue weighted by molar-refractivity contribution is -0.120. The zero-order chi connectivity index (χ0) is 24.4. The number of rotatable bonds is 5. The molecule has 1 amide bonds. The van der Waals surface area contributed by atoms with Gasteiger partial charge < -0.3 is 14.5 Å². The topological polar surface area (TPSA) is 77.2 Å². The van der Waals surface area contributed by atoms with Gasteiger partial charge in [0.2, 0.25) is 11.8 Å². The van der Waals surface area contributed by atoms with Crippen LogP contribution < -0.4 is 10.1 Å². The lowest BCUT2D eigenvalue weighted by Gasteiger charge is -2.25. The minimum absolute atomic E-state index is 0.0327. The van der Waals surface area contributed by atoms with Crippen molar-refractivity contribution in [1.29, 1.82) is 0 Å². The molecule has 2 heterocycles. The van der Waals surface area contributed by atoms with Crippen molar-refractivity contribution in [3.05, 3.63) is 89.9 Å². The van der Waals surface area contributed by atoms with E-state index in [1.807, 2.05) is 24.3 Å². The summed E-state index contributed by atoms with van der Waals surface area (Å²) in [6, 6.07) is 17.8. The lowest BCUT2D eigenvalue weighted by atomic mass is 9.83. The smallest absolute Gasteiger partial charge is 0.245 e. The molecule has 5 rings (SSSR count). The Morgan fingerprint density at radius 1 is 1.00 bits per heavy atom. The summed E-state index contributed by atoms with van der Waals surface area (Å²) in [4.78, 5) is 21.5. The monoisotopic (exact) mass is 467 g/mol. The van der Waals surface area contributed by atoms with E-state index < -0.39 is 0 Å². The van der Waals surface area contributed by atoms with Crippen molar-refractivity contribution in [2.45, 2.75) is 45.4 Å². The standard InChI is InChI=1S/C29H29N3O3/c1-29(2,3)22-5-4-6-23(17-22)32-27(33)20-8-7-19-9-10-24(16-21(19)15-20)35-25-11-12-30-26(18-25)28-31-13-14-34-28/h4-6,9-14,16-18,20H,7-8,15H2,1-3H3,(H,32,33). The summed E-state index contributed by atoms with van der Waals surface area (Å²) < 4.78 is 11.4. The molecule has 0 saturated carbocycles. The number of hydrogen-bond donors (Lipinski definition) is 1. The maximum absolute atomic E-state index is 13.1. The van der Waals surface area contributed by atoms with E-state index >= 15 is 0 Å². The Morgan fingerprint density at radius 2 is 1.86 bits per heavy atom. The van der Waals surface area contributed by atoms with E-state index in [2.05, 4.69) is 54.3 Å². The van der Waals surface area contributed by atoms with Gasteiger partial charge in [-0.3, -0.25) is 9.78 Å². The molecule has 4 aromatic rings. The summed E-state index contributed by atoms with van der Waals surface area (Å²) in [6.45, 7) is 6.52. The first kappa shape index (κ1) is 22.8. The molecule has 0 radical (unpaired) electrons. The van der Waals surface area contributed by atoms with Gasteiger partial charge >= 0.3 is 0 Å². The van der Waals surface area contributed by atoms with Crippen LogP contribution in [0.2, 0.25) is 0 Å². The number of hydrogen-bond acceptors (Lipinski definition) is 5. The van der Waals surface area contributed by atoms with Gasteiger partial charge in [-0.05, 0) is 71.7 Å². The second-order valence-corrected chi connectivity index (χ2v) is 10.0. The molecule has 0 saturated heterocycles. The number of aryl methyl sites for hydroxylation is 1. The van der Waals surface area contributed by atoms with Gasteiger partial charge in [-0.1, -0.05) is 39.0 Å². The van der Waals surface area contributed by atoms with Gasteiger partial charge in [-0.2, -0.15) is 0 Å². The van der Waals surface area contributed by atoms with Gasteiger partial charge in [0.1, 0.15) is 23.5 Å². The number of oxazole rings is 1. The molecule has 1 aliphatic carbocycles. The van der Waals surface area contributed by atoms with Crippen molar-refractivity contribution in [2.24, 2.45) is 5.92 Å². The van der Waals surface area contributed by atoms with E-state index in [1.165, 1.54) is 17.4 Å². The Bertz CT molecular complexity index is 1340. The number of nitrogens with zero attached hydrogens (tertiary/aromatic N) is 2. The first-order valence-corrected chi connectivity index (χ1v) is 11.9. The number of carbonyl (C=O) groups is 1. The fourth-order valence-electron chi connectivity index (χ4n) is 4.41. The van der Waals surface area contributed by atoms with Crippen LogP contribution in [0.25, 0.3) is 11.6 Å². The highest BCUT2D eigenvalue weighted by molar-refractivity contribution is 5.93. The van der Waals surface area contributed by atoms with Crippen LogP contribution in [0, 0.1) is 5.92 Å². The van der Waals surface area contributed by atoms with Gasteiger partial charge in [0.15, 0.2) is 0 Å². The predicted octanol–water partition coefficient (Wildman–Crippen LogP) is 6.57. The van der Waals surface area contributed by atoms with Crippen LogP contribution in [0.5, 0.6) is 11.5 Å². The molecule has 35 heavy (non-hydrogen) atoms. The summed E-state index contributed by atoms with van der Waals surface area (Å²) in [6.07, 6.45) is 7.17. The molecule has 6 heteroatoms. The fraction of sp³-hybridized carbons (Fsp3) is 0.276. The fourth-order valence-corrected chi connectivity index (χ4v) is 4.41. The second-order valence-electron chi connectivity index (χ2n) is 10.0. The highest BCUT2D eigenvalue weighted by atomic mass is 16.5. The van der Waals surface area contributed by atoms with Gasteiger partial charge in [-0.15, -0.1) is 0 Å². The number of nitrogens with one attached hydrogen (secondary N) is 1. The van der Waals surface area contributed by atoms with Crippen LogP contribution in [0.1, 0.15) is 43.9 Å². The summed E-state index contributed by atoms with van der Waals surface area (Å²) in [5.74, 6) is 1.82. The first-order chi connectivity index (χ1) is 16.8. The van der Waals surface area contributed by atoms with Crippen LogP contribution in [-0.4, -0.2) is 15.9 Å². The summed E-state index contributed by atoms with van der Waals surface area (Å²) >= 11 is 0. The van der Waals surface area contributed by atoms with Gasteiger partial charge in [0, 0.05) is 23.9 Å². The number of pyridine rings is 1. The Kier molecular flexibility index (Phi) is 6.12.